The lowest BCUT2D eigenvalue weighted by atomic mass is 10.2. The summed E-state index contributed by atoms with van der Waals surface area (Å²) < 4.78 is 5.56. The average Bonchev–Trinajstić information content (AvgIpc) is 2.41. The lowest BCUT2D eigenvalue weighted by Gasteiger charge is -2.11. The SMILES string of the molecule is CC(C)Oc1cccc(C(=O)Nc2ccncc2N)c1. The summed E-state index contributed by atoms with van der Waals surface area (Å²) in [5.74, 6) is 0.424. The van der Waals surface area contributed by atoms with Crippen LogP contribution in [0.1, 0.15) is 24.2 Å². The molecule has 0 aliphatic heterocycles. The van der Waals surface area contributed by atoms with E-state index in [0.717, 1.165) is 0 Å². The Labute approximate surface area is 117 Å². The number of aromatic nitrogens is 1. The Morgan fingerprint density at radius 2 is 2.15 bits per heavy atom. The molecule has 20 heavy (non-hydrogen) atoms. The van der Waals surface area contributed by atoms with Crippen molar-refractivity contribution in [1.82, 2.24) is 4.98 Å². The predicted octanol–water partition coefficient (Wildman–Crippen LogP) is 2.70. The second-order valence-corrected chi connectivity index (χ2v) is 4.61. The van der Waals surface area contributed by atoms with E-state index in [1.165, 1.54) is 6.20 Å². The molecule has 0 saturated carbocycles. The van der Waals surface area contributed by atoms with Gasteiger partial charge in [-0.05, 0) is 38.1 Å². The van der Waals surface area contributed by atoms with E-state index in [0.29, 0.717) is 22.7 Å². The highest BCUT2D eigenvalue weighted by molar-refractivity contribution is 6.05. The van der Waals surface area contributed by atoms with Gasteiger partial charge in [-0.2, -0.15) is 0 Å². The number of pyridine rings is 1. The van der Waals surface area contributed by atoms with Crippen molar-refractivity contribution in [1.29, 1.82) is 0 Å². The Morgan fingerprint density at radius 3 is 2.85 bits per heavy atom. The van der Waals surface area contributed by atoms with Crippen molar-refractivity contribution >= 4 is 17.3 Å². The zero-order chi connectivity index (χ0) is 14.5. The molecule has 0 atom stereocenters. The van der Waals surface area contributed by atoms with Gasteiger partial charge in [0, 0.05) is 11.8 Å². The molecule has 5 nitrogen and oxygen atoms in total. The minimum absolute atomic E-state index is 0.0594. The number of amides is 1. The zero-order valence-corrected chi connectivity index (χ0v) is 11.5. The minimum Gasteiger partial charge on any atom is -0.491 e. The average molecular weight is 271 g/mol. The van der Waals surface area contributed by atoms with E-state index >= 15 is 0 Å². The van der Waals surface area contributed by atoms with Crippen molar-refractivity contribution in [2.75, 3.05) is 11.1 Å². The van der Waals surface area contributed by atoms with E-state index in [1.54, 1.807) is 30.5 Å². The molecule has 0 bridgehead atoms. The van der Waals surface area contributed by atoms with Crippen molar-refractivity contribution in [3.8, 4) is 5.75 Å². The van der Waals surface area contributed by atoms with Crippen LogP contribution in [0.15, 0.2) is 42.7 Å². The highest BCUT2D eigenvalue weighted by atomic mass is 16.5. The number of nitrogens with two attached hydrogens (primary N) is 1. The van der Waals surface area contributed by atoms with E-state index in [1.807, 2.05) is 19.9 Å². The second-order valence-electron chi connectivity index (χ2n) is 4.61. The summed E-state index contributed by atoms with van der Waals surface area (Å²) in [6, 6.07) is 8.68. The number of nitrogens with one attached hydrogen (secondary N) is 1. The zero-order valence-electron chi connectivity index (χ0n) is 11.5. The highest BCUT2D eigenvalue weighted by Crippen LogP contribution is 2.19. The van der Waals surface area contributed by atoms with Gasteiger partial charge in [0.05, 0.1) is 23.7 Å². The lowest BCUT2D eigenvalue weighted by molar-refractivity contribution is 0.102. The number of hydrogen-bond donors (Lipinski definition) is 2. The molecule has 104 valence electrons. The Kier molecular flexibility index (Phi) is 4.20. The van der Waals surface area contributed by atoms with Gasteiger partial charge in [0.2, 0.25) is 0 Å². The van der Waals surface area contributed by atoms with Crippen LogP contribution in [0.2, 0.25) is 0 Å². The van der Waals surface area contributed by atoms with Crippen LogP contribution in [0.3, 0.4) is 0 Å². The van der Waals surface area contributed by atoms with Crippen molar-refractivity contribution in [2.45, 2.75) is 20.0 Å². The number of carbonyl (C=O) groups excluding carboxylic acids is 1. The van der Waals surface area contributed by atoms with Gasteiger partial charge in [0.1, 0.15) is 5.75 Å². The molecule has 0 spiro atoms. The van der Waals surface area contributed by atoms with Crippen LogP contribution in [-0.4, -0.2) is 17.0 Å². The molecule has 1 amide bonds. The fourth-order valence-corrected chi connectivity index (χ4v) is 1.70. The summed E-state index contributed by atoms with van der Waals surface area (Å²) in [5.41, 5.74) is 7.22. The van der Waals surface area contributed by atoms with Crippen LogP contribution in [-0.2, 0) is 0 Å². The topological polar surface area (TPSA) is 77.2 Å². The first kappa shape index (κ1) is 13.9. The van der Waals surface area contributed by atoms with Gasteiger partial charge in [-0.15, -0.1) is 0 Å². The van der Waals surface area contributed by atoms with E-state index in [2.05, 4.69) is 10.3 Å². The van der Waals surface area contributed by atoms with Crippen LogP contribution >= 0.6 is 0 Å². The first-order chi connectivity index (χ1) is 9.56. The molecule has 0 unspecified atom stereocenters. The molecule has 0 saturated heterocycles. The Balaban J connectivity index is 2.15. The number of benzene rings is 1. The van der Waals surface area contributed by atoms with E-state index in [9.17, 15) is 4.79 Å². The van der Waals surface area contributed by atoms with Crippen molar-refractivity contribution in [2.24, 2.45) is 0 Å². The van der Waals surface area contributed by atoms with Crippen molar-refractivity contribution in [3.63, 3.8) is 0 Å². The van der Waals surface area contributed by atoms with Gasteiger partial charge in [-0.25, -0.2) is 0 Å². The Morgan fingerprint density at radius 1 is 1.35 bits per heavy atom. The third-order valence-electron chi connectivity index (χ3n) is 2.57. The predicted molar refractivity (Wildman–Crippen MR) is 78.8 cm³/mol. The smallest absolute Gasteiger partial charge is 0.255 e. The third kappa shape index (κ3) is 3.47. The summed E-state index contributed by atoms with van der Waals surface area (Å²) in [4.78, 5) is 16.0. The maximum Gasteiger partial charge on any atom is 0.255 e. The summed E-state index contributed by atoms with van der Waals surface area (Å²) in [6.45, 7) is 3.87. The second kappa shape index (κ2) is 6.06. The van der Waals surface area contributed by atoms with Gasteiger partial charge in [0.25, 0.3) is 5.91 Å². The van der Waals surface area contributed by atoms with Gasteiger partial charge in [0.15, 0.2) is 0 Å². The van der Waals surface area contributed by atoms with Crippen LogP contribution in [0.4, 0.5) is 11.4 Å². The molecule has 5 heteroatoms. The lowest BCUT2D eigenvalue weighted by Crippen LogP contribution is -2.14. The molecular weight excluding hydrogens is 254 g/mol. The largest absolute Gasteiger partial charge is 0.491 e. The molecular formula is C15H17N3O2. The summed E-state index contributed by atoms with van der Waals surface area (Å²) in [5, 5.41) is 2.75. The monoisotopic (exact) mass is 271 g/mol. The first-order valence-corrected chi connectivity index (χ1v) is 6.34. The summed E-state index contributed by atoms with van der Waals surface area (Å²) >= 11 is 0. The minimum atomic E-state index is -0.239. The quantitative estimate of drug-likeness (QED) is 0.896. The van der Waals surface area contributed by atoms with Crippen LogP contribution in [0, 0.1) is 0 Å². The normalized spacial score (nSPS) is 10.3. The van der Waals surface area contributed by atoms with Crippen LogP contribution in [0.25, 0.3) is 0 Å². The fourth-order valence-electron chi connectivity index (χ4n) is 1.70. The Bertz CT molecular complexity index is 612. The van der Waals surface area contributed by atoms with Crippen molar-refractivity contribution < 1.29 is 9.53 Å². The van der Waals surface area contributed by atoms with E-state index in [4.69, 9.17) is 10.5 Å². The van der Waals surface area contributed by atoms with Gasteiger partial charge >= 0.3 is 0 Å². The maximum absolute atomic E-state index is 12.2. The van der Waals surface area contributed by atoms with Gasteiger partial charge in [-0.3, -0.25) is 9.78 Å². The molecule has 2 aromatic rings. The molecule has 1 aromatic carbocycles. The molecule has 0 aliphatic carbocycles. The third-order valence-corrected chi connectivity index (χ3v) is 2.57. The number of ether oxygens (including phenoxy) is 1. The number of nitrogen functional groups attached to an aromatic ring is 1. The molecule has 0 aliphatic rings. The van der Waals surface area contributed by atoms with Gasteiger partial charge < -0.3 is 15.8 Å². The number of rotatable bonds is 4. The maximum atomic E-state index is 12.2. The van der Waals surface area contributed by atoms with Crippen molar-refractivity contribution in [3.05, 3.63) is 48.3 Å². The van der Waals surface area contributed by atoms with E-state index < -0.39 is 0 Å². The van der Waals surface area contributed by atoms with Crippen LogP contribution in [0.5, 0.6) is 5.75 Å². The molecule has 3 N–H and O–H groups in total. The number of nitrogens with zero attached hydrogens (tertiary/aromatic N) is 1. The summed E-state index contributed by atoms with van der Waals surface area (Å²) in [7, 11) is 0. The number of hydrogen-bond acceptors (Lipinski definition) is 4. The molecule has 0 fully saturated rings. The molecule has 0 radical (unpaired) electrons. The molecule has 1 aromatic heterocycles. The highest BCUT2D eigenvalue weighted by Gasteiger charge is 2.09. The first-order valence-electron chi connectivity index (χ1n) is 6.34. The summed E-state index contributed by atoms with van der Waals surface area (Å²) in [6.07, 6.45) is 3.13. The number of carbonyl (C=O) groups is 1. The number of anilines is 2. The fraction of sp³-hybridized carbons (Fsp3) is 0.200. The van der Waals surface area contributed by atoms with E-state index in [-0.39, 0.29) is 12.0 Å². The molecule has 2 rings (SSSR count). The molecule has 1 heterocycles. The standard InChI is InChI=1S/C15H17N3O2/c1-10(2)20-12-5-3-4-11(8-12)15(19)18-14-6-7-17-9-13(14)16/h3-10H,16H2,1-2H3,(H,17,18,19). The Hall–Kier alpha value is -2.56. The van der Waals surface area contributed by atoms with Crippen LogP contribution < -0.4 is 15.8 Å². The van der Waals surface area contributed by atoms with Gasteiger partial charge in [-0.1, -0.05) is 6.07 Å².